The first-order valence-corrected chi connectivity index (χ1v) is 12.0. The highest BCUT2D eigenvalue weighted by atomic mass is 19.3. The van der Waals surface area contributed by atoms with E-state index in [0.717, 1.165) is 11.3 Å². The van der Waals surface area contributed by atoms with E-state index in [2.05, 4.69) is 15.4 Å². The second-order valence-corrected chi connectivity index (χ2v) is 9.18. The van der Waals surface area contributed by atoms with E-state index in [-0.39, 0.29) is 19.4 Å². The van der Waals surface area contributed by atoms with Gasteiger partial charge >= 0.3 is 6.03 Å². The fourth-order valence-corrected chi connectivity index (χ4v) is 3.90. The second-order valence-electron chi connectivity index (χ2n) is 9.18. The molecular weight excluding hydrogens is 468 g/mol. The summed E-state index contributed by atoms with van der Waals surface area (Å²) in [7, 11) is 1.78. The van der Waals surface area contributed by atoms with Gasteiger partial charge in [-0.05, 0) is 43.7 Å². The fraction of sp³-hybridized carbons (Fsp3) is 0.696. The van der Waals surface area contributed by atoms with Crippen molar-refractivity contribution in [3.8, 4) is 0 Å². The molecule has 2 saturated carbocycles. The van der Waals surface area contributed by atoms with Gasteiger partial charge in [-0.2, -0.15) is 5.10 Å². The minimum atomic E-state index is -2.93. The predicted octanol–water partition coefficient (Wildman–Crippen LogP) is 4.12. The molecule has 3 heterocycles. The number of amides is 2. The summed E-state index contributed by atoms with van der Waals surface area (Å²) in [6, 6.07) is 1.19. The highest BCUT2D eigenvalue weighted by Gasteiger charge is 2.38. The first-order valence-electron chi connectivity index (χ1n) is 12.0. The van der Waals surface area contributed by atoms with E-state index in [1.807, 2.05) is 0 Å². The first kappa shape index (κ1) is 27.1. The molecular formula is C23H34F4N6O2. The van der Waals surface area contributed by atoms with Crippen molar-refractivity contribution in [2.45, 2.75) is 82.4 Å². The van der Waals surface area contributed by atoms with Crippen molar-refractivity contribution in [1.82, 2.24) is 24.8 Å². The smallest absolute Gasteiger partial charge is 0.318 e. The summed E-state index contributed by atoms with van der Waals surface area (Å²) < 4.78 is 57.6. The van der Waals surface area contributed by atoms with Crippen LogP contribution in [-0.2, 0) is 17.8 Å². The van der Waals surface area contributed by atoms with E-state index < -0.39 is 31.0 Å². The van der Waals surface area contributed by atoms with Crippen molar-refractivity contribution in [3.05, 3.63) is 29.7 Å². The van der Waals surface area contributed by atoms with E-state index in [0.29, 0.717) is 42.4 Å². The maximum absolute atomic E-state index is 13.3. The average molecular weight is 503 g/mol. The number of hydrogen-bond donors (Lipinski definition) is 2. The molecule has 0 aromatic carbocycles. The maximum atomic E-state index is 13.3. The van der Waals surface area contributed by atoms with E-state index in [9.17, 15) is 22.4 Å². The zero-order valence-electron chi connectivity index (χ0n) is 20.0. The Morgan fingerprint density at radius 1 is 1.14 bits per heavy atom. The number of carbonyl (C=O) groups is 1. The van der Waals surface area contributed by atoms with Gasteiger partial charge in [0, 0.05) is 33.0 Å². The SMILES string of the molecule is COC1CCC1.FC1(F)CCCCC1.NCc1cn2ncc(CN3CC(F)(F)CNC3=O)cc2n1. The van der Waals surface area contributed by atoms with Crippen LogP contribution in [0.5, 0.6) is 0 Å². The number of carbonyl (C=O) groups excluding carboxylic acids is 1. The minimum Gasteiger partial charge on any atom is -0.381 e. The van der Waals surface area contributed by atoms with Crippen LogP contribution in [0.15, 0.2) is 18.5 Å². The molecule has 1 saturated heterocycles. The molecule has 3 N–H and O–H groups in total. The molecule has 2 aromatic rings. The standard InChI is InChI=1S/C12H14F2N6O.C6H10F2.C5H10O/c13-12(14)6-16-11(21)19(7-12)4-8-1-10-18-9(2-15)5-20(10)17-3-8;7-6(8)4-2-1-3-5-6;1-6-5-3-2-4-5/h1,3,5H,2,4,6-7,15H2,(H,16,21);1-5H2;5H,2-4H2,1H3. The number of alkyl halides is 4. The third kappa shape index (κ3) is 8.31. The molecule has 5 rings (SSSR count). The van der Waals surface area contributed by atoms with E-state index in [4.69, 9.17) is 10.5 Å². The molecule has 196 valence electrons. The molecule has 2 aromatic heterocycles. The van der Waals surface area contributed by atoms with Gasteiger partial charge in [0.25, 0.3) is 5.92 Å². The Morgan fingerprint density at radius 2 is 1.86 bits per heavy atom. The number of hydrogen-bond acceptors (Lipinski definition) is 5. The number of imidazole rings is 1. The van der Waals surface area contributed by atoms with Gasteiger partial charge in [0.05, 0.1) is 37.3 Å². The first-order chi connectivity index (χ1) is 16.6. The number of ether oxygens (including phenoxy) is 1. The number of rotatable bonds is 4. The average Bonchev–Trinajstić information content (AvgIpc) is 3.19. The van der Waals surface area contributed by atoms with Crippen molar-refractivity contribution in [2.24, 2.45) is 5.73 Å². The van der Waals surface area contributed by atoms with Gasteiger partial charge in [-0.15, -0.1) is 0 Å². The fourth-order valence-electron chi connectivity index (χ4n) is 3.90. The number of fused-ring (bicyclic) bond motifs is 1. The highest BCUT2D eigenvalue weighted by molar-refractivity contribution is 5.75. The van der Waals surface area contributed by atoms with Gasteiger partial charge in [0.2, 0.25) is 5.92 Å². The Kier molecular flexibility index (Phi) is 9.28. The Hall–Kier alpha value is -2.47. The van der Waals surface area contributed by atoms with Crippen molar-refractivity contribution in [3.63, 3.8) is 0 Å². The number of halogens is 4. The molecule has 0 unspecified atom stereocenters. The predicted molar refractivity (Wildman–Crippen MR) is 122 cm³/mol. The number of aromatic nitrogens is 3. The van der Waals surface area contributed by atoms with Crippen LogP contribution in [0, 0.1) is 0 Å². The summed E-state index contributed by atoms with van der Waals surface area (Å²) in [5.74, 6) is -5.25. The largest absolute Gasteiger partial charge is 0.381 e. The lowest BCUT2D eigenvalue weighted by molar-refractivity contribution is -0.0368. The van der Waals surface area contributed by atoms with Crippen LogP contribution in [0.25, 0.3) is 5.65 Å². The Labute approximate surface area is 202 Å². The van der Waals surface area contributed by atoms with Gasteiger partial charge in [0.1, 0.15) is 0 Å². The van der Waals surface area contributed by atoms with Crippen LogP contribution in [0.3, 0.4) is 0 Å². The third-order valence-corrected chi connectivity index (χ3v) is 6.19. The Balaban J connectivity index is 0.000000199. The van der Waals surface area contributed by atoms with Gasteiger partial charge in [-0.25, -0.2) is 31.9 Å². The summed E-state index contributed by atoms with van der Waals surface area (Å²) in [4.78, 5) is 16.9. The van der Waals surface area contributed by atoms with Gasteiger partial charge in [-0.1, -0.05) is 6.42 Å². The van der Waals surface area contributed by atoms with Gasteiger partial charge in [0.15, 0.2) is 5.65 Å². The zero-order chi connectivity index (χ0) is 25.5. The lowest BCUT2D eigenvalue weighted by atomic mass is 9.96. The summed E-state index contributed by atoms with van der Waals surface area (Å²) in [5, 5.41) is 6.30. The summed E-state index contributed by atoms with van der Waals surface area (Å²) in [5.41, 5.74) is 7.38. The van der Waals surface area contributed by atoms with E-state index in [1.165, 1.54) is 25.5 Å². The van der Waals surface area contributed by atoms with Crippen molar-refractivity contribution in [1.29, 1.82) is 0 Å². The van der Waals surface area contributed by atoms with Crippen LogP contribution in [0.1, 0.15) is 62.6 Å². The zero-order valence-corrected chi connectivity index (χ0v) is 20.0. The van der Waals surface area contributed by atoms with Crippen LogP contribution in [0.4, 0.5) is 22.4 Å². The molecule has 2 amide bonds. The molecule has 8 nitrogen and oxygen atoms in total. The molecule has 12 heteroatoms. The lowest BCUT2D eigenvalue weighted by Crippen LogP contribution is -2.56. The normalized spacial score (nSPS) is 21.2. The number of urea groups is 1. The minimum absolute atomic E-state index is 0.0513. The molecule has 3 fully saturated rings. The van der Waals surface area contributed by atoms with Crippen molar-refractivity contribution >= 4 is 11.7 Å². The maximum Gasteiger partial charge on any atom is 0.318 e. The number of nitrogens with zero attached hydrogens (tertiary/aromatic N) is 4. The van der Waals surface area contributed by atoms with Crippen molar-refractivity contribution in [2.75, 3.05) is 20.2 Å². The molecule has 0 bridgehead atoms. The molecule has 0 spiro atoms. The number of methoxy groups -OCH3 is 1. The monoisotopic (exact) mass is 502 g/mol. The second kappa shape index (κ2) is 12.0. The van der Waals surface area contributed by atoms with Crippen molar-refractivity contribution < 1.29 is 27.1 Å². The quantitative estimate of drug-likeness (QED) is 0.613. The third-order valence-electron chi connectivity index (χ3n) is 6.19. The van der Waals surface area contributed by atoms with E-state index in [1.54, 1.807) is 23.9 Å². The van der Waals surface area contributed by atoms with Gasteiger partial charge < -0.3 is 20.7 Å². The van der Waals surface area contributed by atoms with Gasteiger partial charge in [-0.3, -0.25) is 0 Å². The molecule has 3 aliphatic rings. The summed E-state index contributed by atoms with van der Waals surface area (Å²) in [6.07, 6.45) is 10.4. The molecule has 0 radical (unpaired) electrons. The van der Waals surface area contributed by atoms with Crippen LogP contribution in [-0.4, -0.2) is 63.7 Å². The number of nitrogens with one attached hydrogen (secondary N) is 1. The lowest BCUT2D eigenvalue weighted by Gasteiger charge is -2.32. The highest BCUT2D eigenvalue weighted by Crippen LogP contribution is 2.32. The summed E-state index contributed by atoms with van der Waals surface area (Å²) >= 11 is 0. The molecule has 2 aliphatic carbocycles. The molecule has 1 aliphatic heterocycles. The number of nitrogens with two attached hydrogens (primary N) is 1. The topological polar surface area (TPSA) is 97.8 Å². The van der Waals surface area contributed by atoms with E-state index >= 15 is 0 Å². The Morgan fingerprint density at radius 3 is 2.37 bits per heavy atom. The van der Waals surface area contributed by atoms with Crippen LogP contribution < -0.4 is 11.1 Å². The molecule has 0 atom stereocenters. The summed E-state index contributed by atoms with van der Waals surface area (Å²) in [6.45, 7) is -0.887. The molecule has 35 heavy (non-hydrogen) atoms. The van der Waals surface area contributed by atoms with Crippen LogP contribution >= 0.6 is 0 Å². The Bertz CT molecular complexity index is 956. The van der Waals surface area contributed by atoms with Crippen LogP contribution in [0.2, 0.25) is 0 Å².